The second-order valence-corrected chi connectivity index (χ2v) is 9.52. The van der Waals surface area contributed by atoms with Gasteiger partial charge < -0.3 is 9.47 Å². The number of hydrogen-bond donors (Lipinski definition) is 0. The molecular formula is C28H37NO4. The molecule has 0 saturated carbocycles. The maximum Gasteiger partial charge on any atom is 0.338 e. The predicted molar refractivity (Wildman–Crippen MR) is 130 cm³/mol. The molecule has 0 spiro atoms. The Morgan fingerprint density at radius 1 is 0.909 bits per heavy atom. The lowest BCUT2D eigenvalue weighted by atomic mass is 9.68. The number of benzene rings is 2. The van der Waals surface area contributed by atoms with Crippen LogP contribution in [-0.2, 0) is 9.47 Å². The standard InChI is InChI=1S/C28H37NO4/c1-6-27(4)20-24(33-26(31)23-16-12-9-13-17-23)21(3)28(5,7-2)29(27)18-19-32-25(30)22-14-10-8-11-15-22/h8-17,21,24H,6-7,18-20H2,1-5H3. The molecule has 3 rings (SSSR count). The van der Waals surface area contributed by atoms with Crippen molar-refractivity contribution in [1.82, 2.24) is 4.90 Å². The van der Waals surface area contributed by atoms with E-state index in [0.717, 1.165) is 19.3 Å². The van der Waals surface area contributed by atoms with Crippen LogP contribution in [0.2, 0.25) is 0 Å². The minimum atomic E-state index is -0.299. The zero-order chi connectivity index (χ0) is 24.1. The summed E-state index contributed by atoms with van der Waals surface area (Å²) in [7, 11) is 0. The van der Waals surface area contributed by atoms with Gasteiger partial charge in [0.1, 0.15) is 12.7 Å². The molecule has 1 saturated heterocycles. The normalized spacial score (nSPS) is 27.7. The van der Waals surface area contributed by atoms with Gasteiger partial charge in [-0.1, -0.05) is 57.2 Å². The number of carbonyl (C=O) groups excluding carboxylic acids is 2. The van der Waals surface area contributed by atoms with Crippen molar-refractivity contribution in [3.8, 4) is 0 Å². The molecule has 2 aromatic rings. The Bertz CT molecular complexity index is 931. The van der Waals surface area contributed by atoms with Crippen molar-refractivity contribution in [2.45, 2.75) is 71.1 Å². The molecule has 4 atom stereocenters. The highest BCUT2D eigenvalue weighted by atomic mass is 16.5. The van der Waals surface area contributed by atoms with E-state index in [4.69, 9.17) is 9.47 Å². The van der Waals surface area contributed by atoms with Crippen LogP contribution in [0.1, 0.15) is 74.6 Å². The molecule has 0 amide bonds. The smallest absolute Gasteiger partial charge is 0.338 e. The summed E-state index contributed by atoms with van der Waals surface area (Å²) in [5, 5.41) is 0. The van der Waals surface area contributed by atoms with Gasteiger partial charge in [0, 0.05) is 30.0 Å². The molecule has 5 heteroatoms. The molecule has 1 aliphatic heterocycles. The molecule has 0 aliphatic carbocycles. The quantitative estimate of drug-likeness (QED) is 0.479. The highest BCUT2D eigenvalue weighted by Crippen LogP contribution is 2.46. The van der Waals surface area contributed by atoms with Crippen LogP contribution in [-0.4, -0.2) is 47.2 Å². The van der Waals surface area contributed by atoms with Crippen molar-refractivity contribution in [2.75, 3.05) is 13.2 Å². The molecule has 0 aromatic heterocycles. The van der Waals surface area contributed by atoms with Crippen LogP contribution in [0.3, 0.4) is 0 Å². The van der Waals surface area contributed by atoms with Gasteiger partial charge in [-0.05, 0) is 51.0 Å². The molecule has 0 bridgehead atoms. The van der Waals surface area contributed by atoms with Crippen LogP contribution < -0.4 is 0 Å². The average molecular weight is 452 g/mol. The van der Waals surface area contributed by atoms with Gasteiger partial charge in [0.15, 0.2) is 0 Å². The van der Waals surface area contributed by atoms with Crippen molar-refractivity contribution in [2.24, 2.45) is 5.92 Å². The highest BCUT2D eigenvalue weighted by molar-refractivity contribution is 5.89. The summed E-state index contributed by atoms with van der Waals surface area (Å²) in [6.07, 6.45) is 2.36. The van der Waals surface area contributed by atoms with Gasteiger partial charge in [0.25, 0.3) is 0 Å². The van der Waals surface area contributed by atoms with Gasteiger partial charge in [0.2, 0.25) is 0 Å². The summed E-state index contributed by atoms with van der Waals surface area (Å²) in [6, 6.07) is 18.3. The summed E-state index contributed by atoms with van der Waals surface area (Å²) in [5.41, 5.74) is 0.757. The fourth-order valence-corrected chi connectivity index (χ4v) is 5.17. The maximum atomic E-state index is 12.8. The number of hydrogen-bond acceptors (Lipinski definition) is 5. The van der Waals surface area contributed by atoms with E-state index in [0.29, 0.717) is 24.3 Å². The van der Waals surface area contributed by atoms with Crippen molar-refractivity contribution < 1.29 is 19.1 Å². The second kappa shape index (κ2) is 10.5. The monoisotopic (exact) mass is 451 g/mol. The van der Waals surface area contributed by atoms with E-state index in [9.17, 15) is 9.59 Å². The maximum absolute atomic E-state index is 12.8. The molecule has 2 aromatic carbocycles. The lowest BCUT2D eigenvalue weighted by Gasteiger charge is -2.60. The summed E-state index contributed by atoms with van der Waals surface area (Å²) in [4.78, 5) is 27.7. The van der Waals surface area contributed by atoms with Crippen LogP contribution in [0.4, 0.5) is 0 Å². The number of ether oxygens (including phenoxy) is 2. The Balaban J connectivity index is 1.74. The molecule has 0 N–H and O–H groups in total. The second-order valence-electron chi connectivity index (χ2n) is 9.52. The third-order valence-electron chi connectivity index (χ3n) is 7.75. The third kappa shape index (κ3) is 5.30. The van der Waals surface area contributed by atoms with Crippen LogP contribution in [0.15, 0.2) is 60.7 Å². The molecule has 178 valence electrons. The van der Waals surface area contributed by atoms with Crippen LogP contribution >= 0.6 is 0 Å². The van der Waals surface area contributed by atoms with Crippen LogP contribution in [0, 0.1) is 5.92 Å². The summed E-state index contributed by atoms with van der Waals surface area (Å²) in [5.74, 6) is -0.444. The first kappa shape index (κ1) is 25.0. The SMILES string of the molecule is CCC1(C)CC(OC(=O)c2ccccc2)C(C)C(C)(CC)N1CCOC(=O)c1ccccc1. The van der Waals surface area contributed by atoms with Gasteiger partial charge in [-0.2, -0.15) is 0 Å². The Kier molecular flexibility index (Phi) is 7.96. The van der Waals surface area contributed by atoms with E-state index in [2.05, 4.69) is 39.5 Å². The number of rotatable bonds is 8. The minimum Gasteiger partial charge on any atom is -0.461 e. The molecule has 4 unspecified atom stereocenters. The van der Waals surface area contributed by atoms with E-state index in [-0.39, 0.29) is 35.0 Å². The molecular weight excluding hydrogens is 414 g/mol. The molecule has 1 aliphatic rings. The Morgan fingerprint density at radius 2 is 1.45 bits per heavy atom. The van der Waals surface area contributed by atoms with Gasteiger partial charge in [-0.3, -0.25) is 4.90 Å². The Hall–Kier alpha value is -2.66. The van der Waals surface area contributed by atoms with Crippen LogP contribution in [0.25, 0.3) is 0 Å². The van der Waals surface area contributed by atoms with Crippen molar-refractivity contribution in [3.63, 3.8) is 0 Å². The number of likely N-dealkylation sites (tertiary alicyclic amines) is 1. The zero-order valence-electron chi connectivity index (χ0n) is 20.5. The van der Waals surface area contributed by atoms with Crippen molar-refractivity contribution in [1.29, 1.82) is 0 Å². The first-order chi connectivity index (χ1) is 15.7. The summed E-state index contributed by atoms with van der Waals surface area (Å²) < 4.78 is 11.7. The van der Waals surface area contributed by atoms with Gasteiger partial charge >= 0.3 is 11.9 Å². The van der Waals surface area contributed by atoms with E-state index in [1.807, 2.05) is 36.4 Å². The first-order valence-electron chi connectivity index (χ1n) is 12.0. The van der Waals surface area contributed by atoms with Gasteiger partial charge in [-0.15, -0.1) is 0 Å². The van der Waals surface area contributed by atoms with Crippen molar-refractivity contribution in [3.05, 3.63) is 71.8 Å². The topological polar surface area (TPSA) is 55.8 Å². The average Bonchev–Trinajstić information content (AvgIpc) is 2.85. The molecule has 33 heavy (non-hydrogen) atoms. The Labute approximate surface area is 198 Å². The van der Waals surface area contributed by atoms with E-state index < -0.39 is 0 Å². The molecule has 5 nitrogen and oxygen atoms in total. The van der Waals surface area contributed by atoms with E-state index >= 15 is 0 Å². The zero-order valence-corrected chi connectivity index (χ0v) is 20.5. The van der Waals surface area contributed by atoms with E-state index in [1.54, 1.807) is 24.3 Å². The largest absolute Gasteiger partial charge is 0.461 e. The highest BCUT2D eigenvalue weighted by Gasteiger charge is 2.53. The molecule has 0 radical (unpaired) electrons. The van der Waals surface area contributed by atoms with Gasteiger partial charge in [0.05, 0.1) is 11.1 Å². The van der Waals surface area contributed by atoms with Crippen molar-refractivity contribution >= 4 is 11.9 Å². The van der Waals surface area contributed by atoms with E-state index in [1.165, 1.54) is 0 Å². The Morgan fingerprint density at radius 3 is 1.97 bits per heavy atom. The van der Waals surface area contributed by atoms with Crippen LogP contribution in [0.5, 0.6) is 0 Å². The summed E-state index contributed by atoms with van der Waals surface area (Å²) in [6.45, 7) is 12.0. The number of carbonyl (C=O) groups is 2. The third-order valence-corrected chi connectivity index (χ3v) is 7.75. The number of nitrogens with zero attached hydrogens (tertiary/aromatic N) is 1. The lowest BCUT2D eigenvalue weighted by molar-refractivity contribution is -0.142. The first-order valence-corrected chi connectivity index (χ1v) is 12.0. The fourth-order valence-electron chi connectivity index (χ4n) is 5.17. The lowest BCUT2D eigenvalue weighted by Crippen LogP contribution is -2.68. The van der Waals surface area contributed by atoms with Gasteiger partial charge in [-0.25, -0.2) is 9.59 Å². The predicted octanol–water partition coefficient (Wildman–Crippen LogP) is 5.75. The number of esters is 2. The summed E-state index contributed by atoms with van der Waals surface area (Å²) >= 11 is 0. The molecule has 1 fully saturated rings. The number of piperidine rings is 1. The molecule has 1 heterocycles. The minimum absolute atomic E-state index is 0.125. The fraction of sp³-hybridized carbons (Fsp3) is 0.500.